The first-order valence-corrected chi connectivity index (χ1v) is 10.5. The van der Waals surface area contributed by atoms with Crippen molar-refractivity contribution in [2.24, 2.45) is 0 Å². The lowest BCUT2D eigenvalue weighted by atomic mass is 10.2. The summed E-state index contributed by atoms with van der Waals surface area (Å²) < 4.78 is 2.91. The van der Waals surface area contributed by atoms with Crippen LogP contribution in [-0.4, -0.2) is 35.4 Å². The van der Waals surface area contributed by atoms with E-state index in [0.29, 0.717) is 27.6 Å². The second-order valence-electron chi connectivity index (χ2n) is 7.18. The van der Waals surface area contributed by atoms with Gasteiger partial charge in [-0.15, -0.1) is 0 Å². The highest BCUT2D eigenvalue weighted by molar-refractivity contribution is 6.36. The normalized spacial score (nSPS) is 11.1. The average Bonchev–Trinajstić information content (AvgIpc) is 3.39. The van der Waals surface area contributed by atoms with Crippen molar-refractivity contribution in [3.05, 3.63) is 92.5 Å². The zero-order valence-corrected chi connectivity index (χ0v) is 18.6. The topological polar surface area (TPSA) is 110 Å². The summed E-state index contributed by atoms with van der Waals surface area (Å²) in [6.07, 6.45) is 1.45. The Morgan fingerprint density at radius 3 is 2.64 bits per heavy atom. The van der Waals surface area contributed by atoms with Crippen LogP contribution in [0.3, 0.4) is 0 Å². The summed E-state index contributed by atoms with van der Waals surface area (Å²) in [4.78, 5) is 32.9. The SMILES string of the molecule is Cc1cc(NC(=O)c2cc(Cl)ccc2Cl)n(-c2nc3c(cnn3-c3ccccc3)c(=O)[nH]2)n1. The molecule has 5 aromatic rings. The Kier molecular flexibility index (Phi) is 5.20. The van der Waals surface area contributed by atoms with Gasteiger partial charge in [0.1, 0.15) is 11.2 Å². The van der Waals surface area contributed by atoms with Crippen molar-refractivity contribution in [1.29, 1.82) is 0 Å². The number of para-hydroxylation sites is 1. The van der Waals surface area contributed by atoms with Gasteiger partial charge >= 0.3 is 0 Å². The number of nitrogens with one attached hydrogen (secondary N) is 2. The van der Waals surface area contributed by atoms with Gasteiger partial charge in [-0.25, -0.2) is 4.68 Å². The molecule has 2 N–H and O–H groups in total. The molecule has 0 saturated carbocycles. The third-order valence-electron chi connectivity index (χ3n) is 4.87. The number of halogens is 2. The molecule has 11 heteroatoms. The lowest BCUT2D eigenvalue weighted by Gasteiger charge is -2.10. The minimum Gasteiger partial charge on any atom is -0.306 e. The van der Waals surface area contributed by atoms with Crippen LogP contribution < -0.4 is 10.9 Å². The second kappa shape index (κ2) is 8.19. The zero-order chi connectivity index (χ0) is 23.1. The van der Waals surface area contributed by atoms with Crippen molar-refractivity contribution in [2.75, 3.05) is 5.32 Å². The van der Waals surface area contributed by atoms with Crippen molar-refractivity contribution in [1.82, 2.24) is 29.5 Å². The summed E-state index contributed by atoms with van der Waals surface area (Å²) in [6.45, 7) is 1.75. The first kappa shape index (κ1) is 20.9. The van der Waals surface area contributed by atoms with Crippen LogP contribution in [0.15, 0.2) is 65.6 Å². The zero-order valence-electron chi connectivity index (χ0n) is 17.1. The summed E-state index contributed by atoms with van der Waals surface area (Å²) in [5, 5.41) is 12.4. The van der Waals surface area contributed by atoms with Gasteiger partial charge in [-0.05, 0) is 37.3 Å². The molecule has 3 heterocycles. The number of aromatic amines is 1. The lowest BCUT2D eigenvalue weighted by Crippen LogP contribution is -2.19. The Hall–Kier alpha value is -3.95. The number of hydrogen-bond donors (Lipinski definition) is 2. The number of rotatable bonds is 4. The van der Waals surface area contributed by atoms with Crippen molar-refractivity contribution in [2.45, 2.75) is 6.92 Å². The van der Waals surface area contributed by atoms with E-state index in [2.05, 4.69) is 25.5 Å². The molecule has 33 heavy (non-hydrogen) atoms. The average molecular weight is 480 g/mol. The number of amides is 1. The van der Waals surface area contributed by atoms with Gasteiger partial charge in [0.2, 0.25) is 5.95 Å². The van der Waals surface area contributed by atoms with E-state index in [9.17, 15) is 9.59 Å². The van der Waals surface area contributed by atoms with E-state index in [1.807, 2.05) is 30.3 Å². The van der Waals surface area contributed by atoms with E-state index < -0.39 is 5.91 Å². The molecule has 0 spiro atoms. The molecule has 3 aromatic heterocycles. The predicted octanol–water partition coefficient (Wildman–Crippen LogP) is 4.16. The van der Waals surface area contributed by atoms with Gasteiger partial charge in [-0.3, -0.25) is 14.6 Å². The molecule has 2 aromatic carbocycles. The second-order valence-corrected chi connectivity index (χ2v) is 8.02. The van der Waals surface area contributed by atoms with E-state index in [4.69, 9.17) is 23.2 Å². The van der Waals surface area contributed by atoms with Gasteiger partial charge in [0, 0.05) is 11.1 Å². The Balaban J connectivity index is 1.59. The molecule has 5 rings (SSSR count). The highest BCUT2D eigenvalue weighted by Gasteiger charge is 2.18. The summed E-state index contributed by atoms with van der Waals surface area (Å²) in [5.41, 5.74) is 1.51. The maximum Gasteiger partial charge on any atom is 0.263 e. The molecule has 0 radical (unpaired) electrons. The smallest absolute Gasteiger partial charge is 0.263 e. The van der Waals surface area contributed by atoms with E-state index in [1.54, 1.807) is 29.8 Å². The molecule has 0 aliphatic rings. The maximum atomic E-state index is 12.9. The van der Waals surface area contributed by atoms with E-state index in [1.165, 1.54) is 16.9 Å². The van der Waals surface area contributed by atoms with Gasteiger partial charge in [0.25, 0.3) is 11.5 Å². The largest absolute Gasteiger partial charge is 0.306 e. The maximum absolute atomic E-state index is 12.9. The molecule has 0 saturated heterocycles. The van der Waals surface area contributed by atoms with Crippen LogP contribution >= 0.6 is 23.2 Å². The number of carbonyl (C=O) groups excluding carboxylic acids is 1. The molecule has 0 atom stereocenters. The third-order valence-corrected chi connectivity index (χ3v) is 5.44. The molecule has 0 aliphatic carbocycles. The molecule has 1 amide bonds. The molecular weight excluding hydrogens is 465 g/mol. The van der Waals surface area contributed by atoms with Gasteiger partial charge in [-0.1, -0.05) is 41.4 Å². The number of aromatic nitrogens is 6. The minimum absolute atomic E-state index is 0.116. The summed E-state index contributed by atoms with van der Waals surface area (Å²) >= 11 is 12.2. The number of H-pyrrole nitrogens is 1. The third kappa shape index (κ3) is 3.88. The summed E-state index contributed by atoms with van der Waals surface area (Å²) in [5.74, 6) is -0.0750. The number of benzene rings is 2. The Bertz CT molecular complexity index is 1570. The minimum atomic E-state index is -0.485. The van der Waals surface area contributed by atoms with Crippen LogP contribution in [0.1, 0.15) is 16.1 Å². The van der Waals surface area contributed by atoms with Crippen LogP contribution in [0.5, 0.6) is 0 Å². The van der Waals surface area contributed by atoms with Gasteiger partial charge < -0.3 is 5.32 Å². The Morgan fingerprint density at radius 1 is 1.06 bits per heavy atom. The fraction of sp³-hybridized carbons (Fsp3) is 0.0455. The first-order chi connectivity index (χ1) is 15.9. The molecule has 0 fully saturated rings. The Morgan fingerprint density at radius 2 is 1.85 bits per heavy atom. The molecular formula is C22H15Cl2N7O2. The fourth-order valence-corrected chi connectivity index (χ4v) is 3.75. The van der Waals surface area contributed by atoms with Crippen LogP contribution in [0.25, 0.3) is 22.7 Å². The summed E-state index contributed by atoms with van der Waals surface area (Å²) in [6, 6.07) is 15.6. The number of fused-ring (bicyclic) bond motifs is 1. The molecule has 164 valence electrons. The fourth-order valence-electron chi connectivity index (χ4n) is 3.37. The van der Waals surface area contributed by atoms with E-state index in [-0.39, 0.29) is 22.1 Å². The molecule has 9 nitrogen and oxygen atoms in total. The van der Waals surface area contributed by atoms with Crippen molar-refractivity contribution < 1.29 is 4.79 Å². The van der Waals surface area contributed by atoms with Gasteiger partial charge in [-0.2, -0.15) is 19.9 Å². The number of hydrogen-bond acceptors (Lipinski definition) is 5. The number of nitrogens with zero attached hydrogens (tertiary/aromatic N) is 5. The van der Waals surface area contributed by atoms with E-state index in [0.717, 1.165) is 5.69 Å². The van der Waals surface area contributed by atoms with E-state index >= 15 is 0 Å². The quantitative estimate of drug-likeness (QED) is 0.401. The first-order valence-electron chi connectivity index (χ1n) is 9.77. The molecule has 0 unspecified atom stereocenters. The van der Waals surface area contributed by atoms with Crippen LogP contribution in [0, 0.1) is 6.92 Å². The van der Waals surface area contributed by atoms with Gasteiger partial charge in [0.15, 0.2) is 5.65 Å². The van der Waals surface area contributed by atoms with Crippen LogP contribution in [0.4, 0.5) is 5.82 Å². The highest BCUT2D eigenvalue weighted by atomic mass is 35.5. The summed E-state index contributed by atoms with van der Waals surface area (Å²) in [7, 11) is 0. The van der Waals surface area contributed by atoms with Crippen molar-refractivity contribution >= 4 is 46.0 Å². The van der Waals surface area contributed by atoms with Crippen molar-refractivity contribution in [3.63, 3.8) is 0 Å². The highest BCUT2D eigenvalue weighted by Crippen LogP contribution is 2.23. The molecule has 0 aliphatic heterocycles. The molecule has 0 bridgehead atoms. The monoisotopic (exact) mass is 479 g/mol. The number of anilines is 1. The number of aryl methyl sites for hydroxylation is 1. The lowest BCUT2D eigenvalue weighted by molar-refractivity contribution is 0.102. The predicted molar refractivity (Wildman–Crippen MR) is 126 cm³/mol. The standard InChI is InChI=1S/C22H15Cl2N7O2/c1-12-9-18(26-20(32)15-10-13(23)7-8-17(15)24)31(29-12)22-27-19-16(21(33)28-22)11-25-30(19)14-5-3-2-4-6-14/h2-11H,1H3,(H,26,32)(H,27,28,33). The van der Waals surface area contributed by atoms with Crippen LogP contribution in [0.2, 0.25) is 10.0 Å². The van der Waals surface area contributed by atoms with Gasteiger partial charge in [0.05, 0.1) is 28.2 Å². The van der Waals surface area contributed by atoms with Crippen LogP contribution in [-0.2, 0) is 0 Å². The number of carbonyl (C=O) groups is 1. The Labute approximate surface area is 196 Å². The van der Waals surface area contributed by atoms with Crippen molar-refractivity contribution in [3.8, 4) is 11.6 Å².